The lowest BCUT2D eigenvalue weighted by Gasteiger charge is -2.10. The minimum atomic E-state index is -0.681. The molecule has 0 fully saturated rings. The number of hydrogen-bond donors (Lipinski definition) is 2. The maximum atomic E-state index is 11.8. The number of hydrogen-bond acceptors (Lipinski definition) is 5. The normalized spacial score (nSPS) is 9.96. The molecule has 0 aromatic heterocycles. The van der Waals surface area contributed by atoms with Crippen LogP contribution in [0.2, 0.25) is 0 Å². The number of ether oxygens (including phenoxy) is 2. The Morgan fingerprint density at radius 1 is 1.04 bits per heavy atom. The van der Waals surface area contributed by atoms with Gasteiger partial charge in [-0.25, -0.2) is 4.79 Å². The van der Waals surface area contributed by atoms with Gasteiger partial charge in [-0.15, -0.1) is 0 Å². The minimum Gasteiger partial charge on any atom is -0.482 e. The number of amides is 2. The van der Waals surface area contributed by atoms with Crippen molar-refractivity contribution in [3.63, 3.8) is 0 Å². The Morgan fingerprint density at radius 3 is 2.52 bits per heavy atom. The maximum absolute atomic E-state index is 11.8. The third-order valence-electron chi connectivity index (χ3n) is 3.18. The molecule has 0 radical (unpaired) electrons. The molecule has 7 heteroatoms. The maximum Gasteiger partial charge on any atom is 0.344 e. The second-order valence-electron chi connectivity index (χ2n) is 5.22. The van der Waals surface area contributed by atoms with Gasteiger partial charge in [-0.1, -0.05) is 24.3 Å². The predicted molar refractivity (Wildman–Crippen MR) is 91.2 cm³/mol. The van der Waals surface area contributed by atoms with Crippen LogP contribution >= 0.6 is 0 Å². The molecule has 3 N–H and O–H groups in total. The second kappa shape index (κ2) is 8.49. The van der Waals surface area contributed by atoms with E-state index < -0.39 is 24.4 Å². The number of anilines is 1. The molecule has 2 amide bonds. The van der Waals surface area contributed by atoms with Crippen molar-refractivity contribution in [2.45, 2.75) is 6.92 Å². The molecule has 0 saturated carbocycles. The Balaban J connectivity index is 1.80. The first-order valence-electron chi connectivity index (χ1n) is 7.49. The van der Waals surface area contributed by atoms with Gasteiger partial charge in [0.05, 0.1) is 11.3 Å². The molecule has 0 aliphatic carbocycles. The van der Waals surface area contributed by atoms with Crippen molar-refractivity contribution in [1.29, 1.82) is 0 Å². The molecule has 0 atom stereocenters. The molecule has 130 valence electrons. The number of esters is 1. The number of nitrogens with two attached hydrogens (primary N) is 1. The van der Waals surface area contributed by atoms with Crippen LogP contribution in [-0.2, 0) is 14.3 Å². The number of primary amides is 1. The fourth-order valence-electron chi connectivity index (χ4n) is 2.03. The Hall–Kier alpha value is -3.35. The quantitative estimate of drug-likeness (QED) is 0.744. The van der Waals surface area contributed by atoms with E-state index in [2.05, 4.69) is 5.32 Å². The highest BCUT2D eigenvalue weighted by molar-refractivity contribution is 6.03. The number of carbonyl (C=O) groups is 3. The van der Waals surface area contributed by atoms with Gasteiger partial charge in [-0.2, -0.15) is 0 Å². The van der Waals surface area contributed by atoms with E-state index in [0.29, 0.717) is 5.75 Å². The van der Waals surface area contributed by atoms with Crippen molar-refractivity contribution < 1.29 is 23.9 Å². The van der Waals surface area contributed by atoms with Crippen LogP contribution in [0.5, 0.6) is 5.75 Å². The van der Waals surface area contributed by atoms with E-state index in [1.54, 1.807) is 30.3 Å². The van der Waals surface area contributed by atoms with E-state index in [0.717, 1.165) is 5.56 Å². The van der Waals surface area contributed by atoms with Gasteiger partial charge in [0, 0.05) is 0 Å². The smallest absolute Gasteiger partial charge is 0.344 e. The first-order valence-corrected chi connectivity index (χ1v) is 7.49. The van der Waals surface area contributed by atoms with Crippen LogP contribution in [0, 0.1) is 6.92 Å². The van der Waals surface area contributed by atoms with E-state index in [1.165, 1.54) is 12.1 Å². The van der Waals surface area contributed by atoms with Crippen molar-refractivity contribution in [2.24, 2.45) is 5.73 Å². The zero-order valence-corrected chi connectivity index (χ0v) is 13.7. The molecular weight excluding hydrogens is 324 g/mol. The lowest BCUT2D eigenvalue weighted by atomic mass is 10.1. The number of carbonyl (C=O) groups excluding carboxylic acids is 3. The Labute approximate surface area is 144 Å². The Morgan fingerprint density at radius 2 is 1.80 bits per heavy atom. The summed E-state index contributed by atoms with van der Waals surface area (Å²) in [7, 11) is 0. The molecular formula is C18H18N2O5. The molecule has 2 aromatic rings. The zero-order valence-electron chi connectivity index (χ0n) is 13.7. The van der Waals surface area contributed by atoms with Gasteiger partial charge >= 0.3 is 5.97 Å². The number of nitrogens with one attached hydrogen (secondary N) is 1. The van der Waals surface area contributed by atoms with Crippen LogP contribution in [0.25, 0.3) is 0 Å². The largest absolute Gasteiger partial charge is 0.482 e. The van der Waals surface area contributed by atoms with Crippen molar-refractivity contribution in [3.8, 4) is 5.75 Å². The molecule has 0 heterocycles. The highest BCUT2D eigenvalue weighted by atomic mass is 16.6. The second-order valence-corrected chi connectivity index (χ2v) is 5.22. The summed E-state index contributed by atoms with van der Waals surface area (Å²) in [5.74, 6) is -1.39. The lowest BCUT2D eigenvalue weighted by molar-refractivity contribution is -0.149. The van der Waals surface area contributed by atoms with Gasteiger partial charge in [0.25, 0.3) is 11.8 Å². The molecule has 25 heavy (non-hydrogen) atoms. The molecule has 2 rings (SSSR count). The van der Waals surface area contributed by atoms with Crippen LogP contribution < -0.4 is 15.8 Å². The van der Waals surface area contributed by atoms with Crippen LogP contribution in [-0.4, -0.2) is 31.0 Å². The van der Waals surface area contributed by atoms with E-state index in [9.17, 15) is 14.4 Å². The monoisotopic (exact) mass is 342 g/mol. The van der Waals surface area contributed by atoms with Crippen LogP contribution in [0.1, 0.15) is 15.9 Å². The van der Waals surface area contributed by atoms with Gasteiger partial charge in [0.1, 0.15) is 5.75 Å². The van der Waals surface area contributed by atoms with Crippen LogP contribution in [0.4, 0.5) is 5.69 Å². The number of para-hydroxylation sites is 1. The third kappa shape index (κ3) is 5.65. The molecule has 0 aliphatic heterocycles. The summed E-state index contributed by atoms with van der Waals surface area (Å²) in [4.78, 5) is 34.7. The number of benzene rings is 2. The van der Waals surface area contributed by atoms with E-state index in [1.807, 2.05) is 13.0 Å². The average Bonchev–Trinajstić information content (AvgIpc) is 2.58. The van der Waals surface area contributed by atoms with E-state index >= 15 is 0 Å². The van der Waals surface area contributed by atoms with Gasteiger partial charge < -0.3 is 20.5 Å². The summed E-state index contributed by atoms with van der Waals surface area (Å²) >= 11 is 0. The van der Waals surface area contributed by atoms with E-state index in [4.69, 9.17) is 15.2 Å². The highest BCUT2D eigenvalue weighted by Gasteiger charge is 2.12. The lowest BCUT2D eigenvalue weighted by Crippen LogP contribution is -2.25. The Kier molecular flexibility index (Phi) is 6.11. The van der Waals surface area contributed by atoms with Crippen LogP contribution in [0.3, 0.4) is 0 Å². The van der Waals surface area contributed by atoms with Gasteiger partial charge in [0.2, 0.25) is 0 Å². The summed E-state index contributed by atoms with van der Waals surface area (Å²) in [5, 5.41) is 2.47. The van der Waals surface area contributed by atoms with Crippen molar-refractivity contribution >= 4 is 23.5 Å². The molecule has 0 aliphatic rings. The van der Waals surface area contributed by atoms with E-state index in [-0.39, 0.29) is 17.9 Å². The molecule has 7 nitrogen and oxygen atoms in total. The third-order valence-corrected chi connectivity index (χ3v) is 3.18. The topological polar surface area (TPSA) is 108 Å². The van der Waals surface area contributed by atoms with Gasteiger partial charge in [0.15, 0.2) is 13.2 Å². The van der Waals surface area contributed by atoms with Crippen molar-refractivity contribution in [1.82, 2.24) is 0 Å². The SMILES string of the molecule is Cc1cccc(OCC(=O)OCC(=O)Nc2ccccc2C(N)=O)c1. The summed E-state index contributed by atoms with van der Waals surface area (Å²) in [6.07, 6.45) is 0. The Bertz CT molecular complexity index is 789. The number of rotatable bonds is 7. The van der Waals surface area contributed by atoms with Crippen LogP contribution in [0.15, 0.2) is 48.5 Å². The molecule has 0 spiro atoms. The summed E-state index contributed by atoms with van der Waals surface area (Å²) in [6.45, 7) is 1.09. The molecule has 0 saturated heterocycles. The van der Waals surface area contributed by atoms with Gasteiger partial charge in [-0.3, -0.25) is 9.59 Å². The van der Waals surface area contributed by atoms with Crippen molar-refractivity contribution in [2.75, 3.05) is 18.5 Å². The molecule has 0 bridgehead atoms. The fraction of sp³-hybridized carbons (Fsp3) is 0.167. The summed E-state index contributed by atoms with van der Waals surface area (Å²) in [6, 6.07) is 13.5. The molecule has 0 unspecified atom stereocenters. The highest BCUT2D eigenvalue weighted by Crippen LogP contribution is 2.14. The molecule has 2 aromatic carbocycles. The first kappa shape index (κ1) is 18.0. The number of aryl methyl sites for hydroxylation is 1. The predicted octanol–water partition coefficient (Wildman–Crippen LogP) is 1.65. The fourth-order valence-corrected chi connectivity index (χ4v) is 2.03. The summed E-state index contributed by atoms with van der Waals surface area (Å²) in [5.41, 5.74) is 6.65. The average molecular weight is 342 g/mol. The van der Waals surface area contributed by atoms with Crippen molar-refractivity contribution in [3.05, 3.63) is 59.7 Å². The van der Waals surface area contributed by atoms with Gasteiger partial charge in [-0.05, 0) is 36.8 Å². The zero-order chi connectivity index (χ0) is 18.2. The minimum absolute atomic E-state index is 0.171. The first-order chi connectivity index (χ1) is 12.0. The summed E-state index contributed by atoms with van der Waals surface area (Å²) < 4.78 is 10.1. The standard InChI is InChI=1S/C18H18N2O5/c1-12-5-4-6-13(9-12)24-11-17(22)25-10-16(21)20-15-8-3-2-7-14(15)18(19)23/h2-9H,10-11H2,1H3,(H2,19,23)(H,20,21).